The topological polar surface area (TPSA) is 62.1 Å². The minimum atomic E-state index is -2.94. The molecular weight excluding hydrogens is 357 g/mol. The van der Waals surface area contributed by atoms with E-state index in [2.05, 4.69) is 10.1 Å². The molecule has 2 aromatic rings. The van der Waals surface area contributed by atoms with Crippen LogP contribution in [0.1, 0.15) is 5.56 Å². The van der Waals surface area contributed by atoms with E-state index in [4.69, 9.17) is 16.9 Å². The third kappa shape index (κ3) is 5.26. The van der Waals surface area contributed by atoms with Crippen LogP contribution in [0.15, 0.2) is 48.0 Å². The zero-order valence-corrected chi connectivity index (χ0v) is 13.2. The molecule has 0 unspecified atom stereocenters. The van der Waals surface area contributed by atoms with E-state index < -0.39 is 18.3 Å². The van der Waals surface area contributed by atoms with Crippen molar-refractivity contribution in [3.8, 4) is 11.8 Å². The first-order valence-corrected chi connectivity index (χ1v) is 7.20. The lowest BCUT2D eigenvalue weighted by molar-refractivity contribution is -0.112. The molecule has 4 nitrogen and oxygen atoms in total. The number of nitrogens with zero attached hydrogens (tertiary/aromatic N) is 1. The highest BCUT2D eigenvalue weighted by Crippen LogP contribution is 2.20. The van der Waals surface area contributed by atoms with Gasteiger partial charge in [-0.05, 0) is 42.0 Å². The van der Waals surface area contributed by atoms with Crippen LogP contribution >= 0.6 is 11.6 Å². The summed E-state index contributed by atoms with van der Waals surface area (Å²) in [5, 5.41) is 11.4. The molecule has 0 saturated carbocycles. The van der Waals surface area contributed by atoms with Crippen molar-refractivity contribution in [2.24, 2.45) is 0 Å². The summed E-state index contributed by atoms with van der Waals surface area (Å²) in [7, 11) is 0. The molecule has 25 heavy (non-hydrogen) atoms. The van der Waals surface area contributed by atoms with Gasteiger partial charge in [-0.1, -0.05) is 23.7 Å². The summed E-state index contributed by atoms with van der Waals surface area (Å²) < 4.78 is 41.5. The van der Waals surface area contributed by atoms with Crippen LogP contribution < -0.4 is 10.1 Å². The van der Waals surface area contributed by atoms with E-state index in [1.165, 1.54) is 42.5 Å². The number of rotatable bonds is 5. The second-order valence-corrected chi connectivity index (χ2v) is 5.11. The Hall–Kier alpha value is -2.98. The third-order valence-corrected chi connectivity index (χ3v) is 3.25. The molecule has 0 heterocycles. The van der Waals surface area contributed by atoms with E-state index in [0.29, 0.717) is 5.56 Å². The quantitative estimate of drug-likeness (QED) is 0.620. The van der Waals surface area contributed by atoms with Crippen molar-refractivity contribution in [2.75, 3.05) is 5.32 Å². The molecule has 0 saturated heterocycles. The van der Waals surface area contributed by atoms with Crippen molar-refractivity contribution in [1.29, 1.82) is 5.26 Å². The molecule has 8 heteroatoms. The zero-order chi connectivity index (χ0) is 18.4. The Labute approximate surface area is 146 Å². The maximum atomic E-state index is 13.1. The molecule has 0 radical (unpaired) electrons. The first-order valence-electron chi connectivity index (χ1n) is 6.82. The summed E-state index contributed by atoms with van der Waals surface area (Å²) in [4.78, 5) is 12.1. The Morgan fingerprint density at radius 1 is 1.24 bits per heavy atom. The lowest BCUT2D eigenvalue weighted by Gasteiger charge is -2.06. The lowest BCUT2D eigenvalue weighted by Crippen LogP contribution is -2.13. The molecular formula is C17H10ClF3N2O2. The van der Waals surface area contributed by atoms with Crippen molar-refractivity contribution in [3.05, 3.63) is 64.4 Å². The van der Waals surface area contributed by atoms with E-state index in [-0.39, 0.29) is 22.0 Å². The lowest BCUT2D eigenvalue weighted by atomic mass is 10.1. The molecule has 2 rings (SSSR count). The largest absolute Gasteiger partial charge is 0.435 e. The molecule has 0 aromatic heterocycles. The van der Waals surface area contributed by atoms with Crippen molar-refractivity contribution >= 4 is 29.3 Å². The van der Waals surface area contributed by atoms with E-state index >= 15 is 0 Å². The van der Waals surface area contributed by atoms with E-state index in [9.17, 15) is 18.0 Å². The summed E-state index contributed by atoms with van der Waals surface area (Å²) in [6.45, 7) is -2.94. The Balaban J connectivity index is 2.14. The predicted molar refractivity (Wildman–Crippen MR) is 86.7 cm³/mol. The van der Waals surface area contributed by atoms with Gasteiger partial charge in [0.1, 0.15) is 23.2 Å². The Morgan fingerprint density at radius 3 is 2.48 bits per heavy atom. The molecule has 0 aliphatic carbocycles. The number of alkyl halides is 2. The van der Waals surface area contributed by atoms with Crippen LogP contribution in [-0.2, 0) is 4.79 Å². The standard InChI is InChI=1S/C17H10ClF3N2O2/c18-14-8-12(3-6-15(14)19)23-16(24)11(9-22)7-10-1-4-13(5-2-10)25-17(20)21/h1-8,17H,(H,23,24). The van der Waals surface area contributed by atoms with Gasteiger partial charge in [-0.3, -0.25) is 4.79 Å². The minimum absolute atomic E-state index is 0.0453. The van der Waals surface area contributed by atoms with Crippen LogP contribution in [0.5, 0.6) is 5.75 Å². The fraction of sp³-hybridized carbons (Fsp3) is 0.0588. The maximum absolute atomic E-state index is 13.1. The minimum Gasteiger partial charge on any atom is -0.435 e. The summed E-state index contributed by atoms with van der Waals surface area (Å²) in [5.41, 5.74) is 0.423. The molecule has 1 N–H and O–H groups in total. The molecule has 0 aliphatic heterocycles. The molecule has 0 atom stereocenters. The number of anilines is 1. The van der Waals surface area contributed by atoms with Crippen LogP contribution in [0.2, 0.25) is 5.02 Å². The SMILES string of the molecule is N#CC(=Cc1ccc(OC(F)F)cc1)C(=O)Nc1ccc(F)c(Cl)c1. The first-order chi connectivity index (χ1) is 11.9. The summed E-state index contributed by atoms with van der Waals surface area (Å²) >= 11 is 5.62. The van der Waals surface area contributed by atoms with Gasteiger partial charge in [0.25, 0.3) is 5.91 Å². The molecule has 0 bridgehead atoms. The molecule has 2 aromatic carbocycles. The van der Waals surface area contributed by atoms with Gasteiger partial charge in [-0.25, -0.2) is 4.39 Å². The van der Waals surface area contributed by atoms with Crippen molar-refractivity contribution in [3.63, 3.8) is 0 Å². The number of hydrogen-bond acceptors (Lipinski definition) is 3. The van der Waals surface area contributed by atoms with Gasteiger partial charge in [0, 0.05) is 5.69 Å². The van der Waals surface area contributed by atoms with Crippen LogP contribution in [0, 0.1) is 17.1 Å². The van der Waals surface area contributed by atoms with Crippen LogP contribution in [0.4, 0.5) is 18.9 Å². The number of hydrogen-bond donors (Lipinski definition) is 1. The Morgan fingerprint density at radius 2 is 1.92 bits per heavy atom. The van der Waals surface area contributed by atoms with Gasteiger partial charge in [0.2, 0.25) is 0 Å². The highest BCUT2D eigenvalue weighted by Gasteiger charge is 2.11. The number of nitrogens with one attached hydrogen (secondary N) is 1. The highest BCUT2D eigenvalue weighted by atomic mass is 35.5. The van der Waals surface area contributed by atoms with Crippen molar-refractivity contribution < 1.29 is 22.7 Å². The average Bonchev–Trinajstić information content (AvgIpc) is 2.57. The second kappa shape index (κ2) is 8.22. The Bertz CT molecular complexity index is 846. The number of carbonyl (C=O) groups excluding carboxylic acids is 1. The van der Waals surface area contributed by atoms with E-state index in [1.807, 2.05) is 0 Å². The predicted octanol–water partition coefficient (Wildman–Crippen LogP) is 4.63. The number of amides is 1. The molecule has 128 valence electrons. The third-order valence-electron chi connectivity index (χ3n) is 2.96. The fourth-order valence-electron chi connectivity index (χ4n) is 1.83. The Kier molecular flexibility index (Phi) is 6.03. The van der Waals surface area contributed by atoms with Crippen LogP contribution in [0.3, 0.4) is 0 Å². The molecule has 0 aliphatic rings. The average molecular weight is 367 g/mol. The van der Waals surface area contributed by atoms with Crippen molar-refractivity contribution in [1.82, 2.24) is 0 Å². The maximum Gasteiger partial charge on any atom is 0.387 e. The van der Waals surface area contributed by atoms with Crippen LogP contribution in [-0.4, -0.2) is 12.5 Å². The molecule has 0 fully saturated rings. The van der Waals surface area contributed by atoms with Gasteiger partial charge in [-0.2, -0.15) is 14.0 Å². The highest BCUT2D eigenvalue weighted by molar-refractivity contribution is 6.31. The summed E-state index contributed by atoms with van der Waals surface area (Å²) in [6, 6.07) is 10.7. The number of benzene rings is 2. The number of carbonyl (C=O) groups is 1. The monoisotopic (exact) mass is 366 g/mol. The van der Waals surface area contributed by atoms with Gasteiger partial charge in [0.15, 0.2) is 0 Å². The van der Waals surface area contributed by atoms with Crippen molar-refractivity contribution in [2.45, 2.75) is 6.61 Å². The van der Waals surface area contributed by atoms with Gasteiger partial charge in [-0.15, -0.1) is 0 Å². The molecule has 1 amide bonds. The second-order valence-electron chi connectivity index (χ2n) is 4.70. The number of halogens is 4. The first kappa shape index (κ1) is 18.4. The zero-order valence-electron chi connectivity index (χ0n) is 12.5. The van der Waals surface area contributed by atoms with E-state index in [1.54, 1.807) is 6.07 Å². The number of ether oxygens (including phenoxy) is 1. The molecule has 0 spiro atoms. The normalized spacial score (nSPS) is 11.1. The number of nitriles is 1. The van der Waals surface area contributed by atoms with E-state index in [0.717, 1.165) is 6.07 Å². The van der Waals surface area contributed by atoms with Gasteiger partial charge < -0.3 is 10.1 Å². The fourth-order valence-corrected chi connectivity index (χ4v) is 2.01. The smallest absolute Gasteiger partial charge is 0.387 e. The van der Waals surface area contributed by atoms with Gasteiger partial charge in [0.05, 0.1) is 5.02 Å². The van der Waals surface area contributed by atoms with Crippen LogP contribution in [0.25, 0.3) is 6.08 Å². The van der Waals surface area contributed by atoms with Gasteiger partial charge >= 0.3 is 6.61 Å². The summed E-state index contributed by atoms with van der Waals surface area (Å²) in [6.07, 6.45) is 1.27. The summed E-state index contributed by atoms with van der Waals surface area (Å²) in [5.74, 6) is -1.41.